The second-order valence-electron chi connectivity index (χ2n) is 3.24. The lowest BCUT2D eigenvalue weighted by Crippen LogP contribution is -2.41. The molecule has 1 aliphatic heterocycles. The SMILES string of the molecule is N=C1CNC(O)N1C(=O)c1ccccc1. The third kappa shape index (κ3) is 1.74. The van der Waals surface area contributed by atoms with Gasteiger partial charge in [0, 0.05) is 5.56 Å². The van der Waals surface area contributed by atoms with Gasteiger partial charge in [-0.05, 0) is 12.1 Å². The summed E-state index contributed by atoms with van der Waals surface area (Å²) in [6.07, 6.45) is -1.09. The summed E-state index contributed by atoms with van der Waals surface area (Å²) in [6.45, 7) is 0.208. The second kappa shape index (κ2) is 3.80. The van der Waals surface area contributed by atoms with Crippen LogP contribution in [0.2, 0.25) is 0 Å². The Bertz CT molecular complexity index is 391. The highest BCUT2D eigenvalue weighted by Gasteiger charge is 2.31. The number of amidine groups is 1. The molecule has 2 rings (SSSR count). The molecular weight excluding hydrogens is 194 g/mol. The molecule has 1 fully saturated rings. The molecule has 1 unspecified atom stereocenters. The summed E-state index contributed by atoms with van der Waals surface area (Å²) in [7, 11) is 0. The molecule has 1 aromatic rings. The molecular formula is C10H11N3O2. The molecule has 5 nitrogen and oxygen atoms in total. The van der Waals surface area contributed by atoms with Crippen LogP contribution in [0, 0.1) is 5.41 Å². The summed E-state index contributed by atoms with van der Waals surface area (Å²) in [5.41, 5.74) is 0.463. The van der Waals surface area contributed by atoms with Gasteiger partial charge >= 0.3 is 0 Å². The van der Waals surface area contributed by atoms with Gasteiger partial charge < -0.3 is 5.11 Å². The van der Waals surface area contributed by atoms with Crippen LogP contribution >= 0.6 is 0 Å². The third-order valence-corrected chi connectivity index (χ3v) is 2.23. The van der Waals surface area contributed by atoms with Crippen molar-refractivity contribution < 1.29 is 9.90 Å². The maximum atomic E-state index is 11.9. The van der Waals surface area contributed by atoms with Gasteiger partial charge in [0.05, 0.1) is 6.54 Å². The van der Waals surface area contributed by atoms with Gasteiger partial charge in [-0.3, -0.25) is 20.4 Å². The first-order chi connectivity index (χ1) is 7.20. The van der Waals surface area contributed by atoms with Crippen molar-refractivity contribution >= 4 is 11.7 Å². The summed E-state index contributed by atoms with van der Waals surface area (Å²) in [5.74, 6) is -0.283. The fourth-order valence-electron chi connectivity index (χ4n) is 1.47. The van der Waals surface area contributed by atoms with E-state index >= 15 is 0 Å². The fourth-order valence-corrected chi connectivity index (χ4v) is 1.47. The highest BCUT2D eigenvalue weighted by Crippen LogP contribution is 2.10. The molecule has 1 atom stereocenters. The number of benzene rings is 1. The van der Waals surface area contributed by atoms with Crippen molar-refractivity contribution in [2.75, 3.05) is 6.54 Å². The van der Waals surface area contributed by atoms with Crippen molar-refractivity contribution in [3.05, 3.63) is 35.9 Å². The van der Waals surface area contributed by atoms with Crippen LogP contribution in [0.5, 0.6) is 0 Å². The Kier molecular flexibility index (Phi) is 2.49. The average molecular weight is 205 g/mol. The zero-order chi connectivity index (χ0) is 10.8. The van der Waals surface area contributed by atoms with Crippen LogP contribution in [0.25, 0.3) is 0 Å². The molecule has 5 heteroatoms. The molecule has 1 heterocycles. The summed E-state index contributed by atoms with van der Waals surface area (Å²) in [5, 5.41) is 19.5. The molecule has 0 spiro atoms. The lowest BCUT2D eigenvalue weighted by molar-refractivity contribution is 0.0362. The van der Waals surface area contributed by atoms with E-state index in [-0.39, 0.29) is 18.3 Å². The zero-order valence-electron chi connectivity index (χ0n) is 7.97. The van der Waals surface area contributed by atoms with E-state index in [1.807, 2.05) is 0 Å². The summed E-state index contributed by atoms with van der Waals surface area (Å²) in [6, 6.07) is 8.60. The van der Waals surface area contributed by atoms with Gasteiger partial charge in [0.25, 0.3) is 5.91 Å². The van der Waals surface area contributed by atoms with Crippen LogP contribution in [-0.2, 0) is 0 Å². The smallest absolute Gasteiger partial charge is 0.262 e. The first-order valence-corrected chi connectivity index (χ1v) is 4.57. The van der Waals surface area contributed by atoms with Crippen LogP contribution in [0.3, 0.4) is 0 Å². The minimum atomic E-state index is -1.09. The lowest BCUT2D eigenvalue weighted by Gasteiger charge is -2.19. The Labute approximate surface area is 86.8 Å². The number of carbonyl (C=O) groups is 1. The summed E-state index contributed by atoms with van der Waals surface area (Å²) < 4.78 is 0. The van der Waals surface area contributed by atoms with E-state index < -0.39 is 6.35 Å². The Morgan fingerprint density at radius 3 is 2.67 bits per heavy atom. The Morgan fingerprint density at radius 2 is 2.13 bits per heavy atom. The molecule has 1 aromatic carbocycles. The standard InChI is InChI=1S/C10H11N3O2/c11-8-6-12-10(15)13(8)9(14)7-4-2-1-3-5-7/h1-5,10-12,15H,6H2. The lowest BCUT2D eigenvalue weighted by atomic mass is 10.2. The first-order valence-electron chi connectivity index (χ1n) is 4.57. The minimum Gasteiger partial charge on any atom is -0.360 e. The van der Waals surface area contributed by atoms with Crippen molar-refractivity contribution in [1.29, 1.82) is 5.41 Å². The second-order valence-corrected chi connectivity index (χ2v) is 3.24. The van der Waals surface area contributed by atoms with Gasteiger partial charge in [-0.25, -0.2) is 0 Å². The topological polar surface area (TPSA) is 76.4 Å². The molecule has 15 heavy (non-hydrogen) atoms. The van der Waals surface area contributed by atoms with Crippen LogP contribution in [0.1, 0.15) is 10.4 Å². The van der Waals surface area contributed by atoms with E-state index in [1.165, 1.54) is 0 Å². The van der Waals surface area contributed by atoms with E-state index in [4.69, 9.17) is 5.41 Å². The molecule has 0 saturated carbocycles. The van der Waals surface area contributed by atoms with Gasteiger partial charge in [0.2, 0.25) is 0 Å². The first kappa shape index (κ1) is 9.82. The maximum absolute atomic E-state index is 11.9. The highest BCUT2D eigenvalue weighted by molar-refractivity contribution is 6.07. The highest BCUT2D eigenvalue weighted by atomic mass is 16.3. The number of nitrogens with zero attached hydrogens (tertiary/aromatic N) is 1. The quantitative estimate of drug-likeness (QED) is 0.603. The van der Waals surface area contributed by atoms with E-state index in [9.17, 15) is 9.90 Å². The Hall–Kier alpha value is -1.72. The van der Waals surface area contributed by atoms with Crippen LogP contribution < -0.4 is 5.32 Å². The number of aliphatic hydroxyl groups excluding tert-OH is 1. The minimum absolute atomic E-state index is 0.0800. The normalized spacial score (nSPS) is 20.7. The van der Waals surface area contributed by atoms with Crippen molar-refractivity contribution in [3.8, 4) is 0 Å². The van der Waals surface area contributed by atoms with Crippen LogP contribution in [-0.4, -0.2) is 34.6 Å². The molecule has 1 amide bonds. The Balaban J connectivity index is 2.25. The van der Waals surface area contributed by atoms with Gasteiger partial charge in [-0.2, -0.15) is 0 Å². The van der Waals surface area contributed by atoms with Crippen molar-refractivity contribution in [2.45, 2.75) is 6.35 Å². The molecule has 0 radical (unpaired) electrons. The van der Waals surface area contributed by atoms with Gasteiger partial charge in [0.15, 0.2) is 6.35 Å². The fraction of sp³-hybridized carbons (Fsp3) is 0.200. The monoisotopic (exact) mass is 205 g/mol. The number of hydrogen-bond acceptors (Lipinski definition) is 4. The predicted molar refractivity (Wildman–Crippen MR) is 54.3 cm³/mol. The molecule has 1 saturated heterocycles. The molecule has 78 valence electrons. The summed E-state index contributed by atoms with van der Waals surface area (Å²) >= 11 is 0. The van der Waals surface area contributed by atoms with Crippen molar-refractivity contribution in [2.24, 2.45) is 0 Å². The summed E-state index contributed by atoms with van der Waals surface area (Å²) in [4.78, 5) is 12.9. The molecule has 0 aliphatic carbocycles. The van der Waals surface area contributed by atoms with E-state index in [0.29, 0.717) is 5.56 Å². The van der Waals surface area contributed by atoms with Gasteiger partial charge in [-0.15, -0.1) is 0 Å². The molecule has 0 aromatic heterocycles. The predicted octanol–water partition coefficient (Wildman–Crippen LogP) is -0.0148. The molecule has 1 aliphatic rings. The van der Waals surface area contributed by atoms with Crippen molar-refractivity contribution in [3.63, 3.8) is 0 Å². The van der Waals surface area contributed by atoms with E-state index in [0.717, 1.165) is 4.90 Å². The number of amides is 1. The zero-order valence-corrected chi connectivity index (χ0v) is 7.97. The molecule has 3 N–H and O–H groups in total. The average Bonchev–Trinajstić information content (AvgIpc) is 2.59. The molecule has 0 bridgehead atoms. The van der Waals surface area contributed by atoms with E-state index in [1.54, 1.807) is 30.3 Å². The van der Waals surface area contributed by atoms with E-state index in [2.05, 4.69) is 5.32 Å². The third-order valence-electron chi connectivity index (χ3n) is 2.23. The van der Waals surface area contributed by atoms with Crippen LogP contribution in [0.15, 0.2) is 30.3 Å². The largest absolute Gasteiger partial charge is 0.360 e. The van der Waals surface area contributed by atoms with Gasteiger partial charge in [-0.1, -0.05) is 18.2 Å². The maximum Gasteiger partial charge on any atom is 0.262 e. The van der Waals surface area contributed by atoms with Crippen molar-refractivity contribution in [1.82, 2.24) is 10.2 Å². The number of rotatable bonds is 1. The number of carbonyl (C=O) groups excluding carboxylic acids is 1. The Morgan fingerprint density at radius 1 is 1.47 bits per heavy atom. The van der Waals surface area contributed by atoms with Gasteiger partial charge in [0.1, 0.15) is 5.84 Å². The number of nitrogens with one attached hydrogen (secondary N) is 2. The number of hydrogen-bond donors (Lipinski definition) is 3. The van der Waals surface area contributed by atoms with Crippen LogP contribution in [0.4, 0.5) is 0 Å². The number of aliphatic hydroxyl groups is 1.